The van der Waals surface area contributed by atoms with Crippen molar-refractivity contribution in [2.24, 2.45) is 7.05 Å². The molecule has 0 radical (unpaired) electrons. The first-order chi connectivity index (χ1) is 12.3. The molecular weight excluding hydrogens is 379 g/mol. The molecule has 1 atom stereocenters. The number of aryl methyl sites for hydroxylation is 2. The fourth-order valence-corrected chi connectivity index (χ4v) is 3.02. The Morgan fingerprint density at radius 1 is 1.27 bits per heavy atom. The van der Waals surface area contributed by atoms with Crippen LogP contribution in [0.5, 0.6) is 17.4 Å². The van der Waals surface area contributed by atoms with Crippen LogP contribution in [0.15, 0.2) is 12.1 Å². The summed E-state index contributed by atoms with van der Waals surface area (Å²) in [4.78, 5) is 11.0. The molecule has 0 aliphatic heterocycles. The Balaban J connectivity index is 2.39. The average Bonchev–Trinajstić information content (AvgIpc) is 2.86. The Morgan fingerprint density at radius 2 is 1.92 bits per heavy atom. The van der Waals surface area contributed by atoms with Crippen LogP contribution < -0.4 is 9.47 Å². The predicted octanol–water partition coefficient (Wildman–Crippen LogP) is 4.89. The van der Waals surface area contributed by atoms with E-state index in [4.69, 9.17) is 37.8 Å². The third-order valence-electron chi connectivity index (χ3n) is 3.86. The largest absolute Gasteiger partial charge is 0.479 e. The molecule has 0 bridgehead atoms. The molecule has 0 aliphatic carbocycles. The Kier molecular flexibility index (Phi) is 6.78. The molecule has 6 nitrogen and oxygen atoms in total. The predicted molar refractivity (Wildman–Crippen MR) is 101 cm³/mol. The Bertz CT molecular complexity index is 805. The highest BCUT2D eigenvalue weighted by Gasteiger charge is 2.20. The van der Waals surface area contributed by atoms with Crippen LogP contribution >= 0.6 is 23.2 Å². The van der Waals surface area contributed by atoms with Crippen LogP contribution in [-0.2, 0) is 24.7 Å². The number of nitrogens with zero attached hydrogens (tertiary/aromatic N) is 2. The maximum absolute atomic E-state index is 11.0. The van der Waals surface area contributed by atoms with Crippen molar-refractivity contribution >= 4 is 29.2 Å². The summed E-state index contributed by atoms with van der Waals surface area (Å²) >= 11 is 12.4. The van der Waals surface area contributed by atoms with E-state index in [2.05, 4.69) is 12.0 Å². The van der Waals surface area contributed by atoms with Crippen molar-refractivity contribution in [3.8, 4) is 17.4 Å². The van der Waals surface area contributed by atoms with E-state index in [0.717, 1.165) is 30.5 Å². The van der Waals surface area contributed by atoms with E-state index in [9.17, 15) is 4.79 Å². The number of aliphatic carboxylic acids is 1. The van der Waals surface area contributed by atoms with Crippen molar-refractivity contribution in [1.29, 1.82) is 0 Å². The lowest BCUT2D eigenvalue weighted by atomic mass is 10.1. The number of aromatic nitrogens is 2. The smallest absolute Gasteiger partial charge is 0.344 e. The van der Waals surface area contributed by atoms with E-state index in [0.29, 0.717) is 16.7 Å². The second-order valence-electron chi connectivity index (χ2n) is 5.87. The first kappa shape index (κ1) is 20.4. The van der Waals surface area contributed by atoms with Crippen molar-refractivity contribution < 1.29 is 19.4 Å². The van der Waals surface area contributed by atoms with Gasteiger partial charge in [0.25, 0.3) is 0 Å². The number of carbonyl (C=O) groups is 1. The number of rotatable bonds is 8. The van der Waals surface area contributed by atoms with Crippen LogP contribution in [0, 0.1) is 0 Å². The van der Waals surface area contributed by atoms with E-state index in [-0.39, 0.29) is 10.8 Å². The highest BCUT2D eigenvalue weighted by Crippen LogP contribution is 2.39. The van der Waals surface area contributed by atoms with Crippen molar-refractivity contribution in [2.75, 3.05) is 0 Å². The van der Waals surface area contributed by atoms with Gasteiger partial charge in [-0.2, -0.15) is 5.10 Å². The number of ether oxygens (including phenoxy) is 2. The Hall–Kier alpha value is -1.92. The normalized spacial score (nSPS) is 12.1. The molecule has 2 aromatic rings. The molecule has 0 saturated carbocycles. The van der Waals surface area contributed by atoms with Crippen LogP contribution in [0.4, 0.5) is 0 Å². The van der Waals surface area contributed by atoms with E-state index < -0.39 is 12.1 Å². The molecule has 0 unspecified atom stereocenters. The quantitative estimate of drug-likeness (QED) is 0.682. The SMILES string of the molecule is CCCc1nn(C)c(Oc2cc(O[C@@H](C)C(=O)O)c(Cl)cc2Cl)c1CC. The average molecular weight is 401 g/mol. The zero-order chi connectivity index (χ0) is 19.4. The van der Waals surface area contributed by atoms with E-state index in [1.54, 1.807) is 11.7 Å². The zero-order valence-electron chi connectivity index (χ0n) is 15.2. The summed E-state index contributed by atoms with van der Waals surface area (Å²) in [5.74, 6) is 0.0133. The summed E-state index contributed by atoms with van der Waals surface area (Å²) in [6, 6.07) is 2.97. The van der Waals surface area contributed by atoms with E-state index in [1.165, 1.54) is 19.1 Å². The lowest BCUT2D eigenvalue weighted by Gasteiger charge is -2.15. The Morgan fingerprint density at radius 3 is 2.50 bits per heavy atom. The zero-order valence-corrected chi connectivity index (χ0v) is 16.7. The number of hydrogen-bond donors (Lipinski definition) is 1. The van der Waals surface area contributed by atoms with E-state index in [1.807, 2.05) is 6.92 Å². The third-order valence-corrected chi connectivity index (χ3v) is 4.45. The minimum atomic E-state index is -1.09. The topological polar surface area (TPSA) is 73.6 Å². The van der Waals surface area contributed by atoms with Crippen LogP contribution in [-0.4, -0.2) is 27.0 Å². The summed E-state index contributed by atoms with van der Waals surface area (Å²) in [6.45, 7) is 5.55. The molecule has 2 rings (SSSR count). The summed E-state index contributed by atoms with van der Waals surface area (Å²) in [6.07, 6.45) is 1.55. The lowest BCUT2D eigenvalue weighted by Crippen LogP contribution is -2.23. The molecule has 0 saturated heterocycles. The fourth-order valence-electron chi connectivity index (χ4n) is 2.55. The number of hydrogen-bond acceptors (Lipinski definition) is 4. The van der Waals surface area contributed by atoms with Gasteiger partial charge in [0.1, 0.15) is 5.75 Å². The highest BCUT2D eigenvalue weighted by atomic mass is 35.5. The summed E-state index contributed by atoms with van der Waals surface area (Å²) in [5.41, 5.74) is 2.01. The molecule has 142 valence electrons. The van der Waals surface area contributed by atoms with Gasteiger partial charge in [-0.1, -0.05) is 43.5 Å². The summed E-state index contributed by atoms with van der Waals surface area (Å²) in [5, 5.41) is 14.0. The molecule has 0 spiro atoms. The van der Waals surface area contributed by atoms with Gasteiger partial charge in [-0.05, 0) is 25.8 Å². The first-order valence-corrected chi connectivity index (χ1v) is 9.15. The van der Waals surface area contributed by atoms with Crippen molar-refractivity contribution in [2.45, 2.75) is 46.1 Å². The maximum Gasteiger partial charge on any atom is 0.344 e. The molecular formula is C18H22Cl2N2O4. The molecule has 0 aliphatic rings. The van der Waals surface area contributed by atoms with Gasteiger partial charge in [0.05, 0.1) is 15.7 Å². The first-order valence-electron chi connectivity index (χ1n) is 8.39. The second-order valence-corrected chi connectivity index (χ2v) is 6.69. The number of carboxylic acids is 1. The van der Waals surface area contributed by atoms with Gasteiger partial charge in [-0.3, -0.25) is 0 Å². The third kappa shape index (κ3) is 4.43. The molecule has 1 heterocycles. The molecule has 8 heteroatoms. The standard InChI is InChI=1S/C18H22Cl2N2O4/c1-5-7-14-11(6-2)17(22(4)21-14)26-16-9-15(12(19)8-13(16)20)25-10(3)18(23)24/h8-10H,5-7H2,1-4H3,(H,23,24)/t10-/m0/s1. The lowest BCUT2D eigenvalue weighted by molar-refractivity contribution is -0.144. The second kappa shape index (κ2) is 8.64. The molecule has 1 aromatic carbocycles. The van der Waals surface area contributed by atoms with E-state index >= 15 is 0 Å². The monoisotopic (exact) mass is 400 g/mol. The van der Waals surface area contributed by atoms with Gasteiger partial charge in [0.15, 0.2) is 11.9 Å². The minimum absolute atomic E-state index is 0.190. The van der Waals surface area contributed by atoms with Crippen LogP contribution in [0.2, 0.25) is 10.0 Å². The molecule has 0 fully saturated rings. The van der Waals surface area contributed by atoms with Gasteiger partial charge >= 0.3 is 5.97 Å². The van der Waals surface area contributed by atoms with Crippen molar-refractivity contribution in [3.63, 3.8) is 0 Å². The number of carboxylic acid groups (broad SMARTS) is 1. The van der Waals surface area contributed by atoms with Crippen LogP contribution in [0.3, 0.4) is 0 Å². The Labute approximate surface area is 162 Å². The summed E-state index contributed by atoms with van der Waals surface area (Å²) < 4.78 is 13.1. The van der Waals surface area contributed by atoms with Gasteiger partial charge < -0.3 is 14.6 Å². The minimum Gasteiger partial charge on any atom is -0.479 e. The maximum atomic E-state index is 11.0. The summed E-state index contributed by atoms with van der Waals surface area (Å²) in [7, 11) is 1.81. The van der Waals surface area contributed by atoms with Gasteiger partial charge in [0.2, 0.25) is 5.88 Å². The molecule has 1 aromatic heterocycles. The number of halogens is 2. The molecule has 1 N–H and O–H groups in total. The number of benzene rings is 1. The van der Waals surface area contributed by atoms with Crippen molar-refractivity contribution in [1.82, 2.24) is 9.78 Å². The van der Waals surface area contributed by atoms with Crippen molar-refractivity contribution in [3.05, 3.63) is 33.4 Å². The molecule has 26 heavy (non-hydrogen) atoms. The van der Waals surface area contributed by atoms with Gasteiger partial charge in [-0.15, -0.1) is 0 Å². The molecule has 0 amide bonds. The van der Waals surface area contributed by atoms with Crippen LogP contribution in [0.25, 0.3) is 0 Å². The van der Waals surface area contributed by atoms with Crippen LogP contribution in [0.1, 0.15) is 38.4 Å². The highest BCUT2D eigenvalue weighted by molar-refractivity contribution is 6.36. The van der Waals surface area contributed by atoms with Gasteiger partial charge in [-0.25, -0.2) is 9.48 Å². The van der Waals surface area contributed by atoms with Gasteiger partial charge in [0, 0.05) is 18.7 Å². The fraction of sp³-hybridized carbons (Fsp3) is 0.444.